The second-order valence-electron chi connectivity index (χ2n) is 4.52. The summed E-state index contributed by atoms with van der Waals surface area (Å²) < 4.78 is 15.5. The summed E-state index contributed by atoms with van der Waals surface area (Å²) in [7, 11) is -3.27. The number of carbonyl (C=O) groups is 1. The number of aliphatic hydroxyl groups is 1. The maximum absolute atomic E-state index is 12.1. The molecule has 3 N–H and O–H groups in total. The quantitative estimate of drug-likeness (QED) is 0.832. The van der Waals surface area contributed by atoms with E-state index in [2.05, 4.69) is 9.35 Å². The Bertz CT molecular complexity index is 596. The summed E-state index contributed by atoms with van der Waals surface area (Å²) >= 11 is 0. The zero-order valence-corrected chi connectivity index (χ0v) is 11.6. The van der Waals surface area contributed by atoms with Crippen molar-refractivity contribution in [1.82, 2.24) is 4.98 Å². The number of aryl methyl sites for hydroxylation is 1. The topological polar surface area (TPSA) is 106 Å². The first kappa shape index (κ1) is 14.7. The molecule has 0 fully saturated rings. The van der Waals surface area contributed by atoms with Crippen LogP contribution in [0.5, 0.6) is 0 Å². The molecule has 1 heterocycles. The maximum atomic E-state index is 12.1. The summed E-state index contributed by atoms with van der Waals surface area (Å²) in [5, 5.41) is 15.3. The van der Waals surface area contributed by atoms with Crippen molar-refractivity contribution in [1.29, 1.82) is 0 Å². The highest BCUT2D eigenvalue weighted by atomic mass is 32.2. The zero-order valence-electron chi connectivity index (χ0n) is 10.8. The Morgan fingerprint density at radius 1 is 1.50 bits per heavy atom. The van der Waals surface area contributed by atoms with E-state index < -0.39 is 21.4 Å². The molecule has 18 heavy (non-hydrogen) atoms. The molecule has 1 aromatic heterocycles. The fourth-order valence-electron chi connectivity index (χ4n) is 1.44. The Morgan fingerprint density at radius 3 is 2.44 bits per heavy atom. The lowest BCUT2D eigenvalue weighted by Crippen LogP contribution is -2.21. The first-order chi connectivity index (χ1) is 8.04. The molecule has 0 aliphatic rings. The Labute approximate surface area is 107 Å². The van der Waals surface area contributed by atoms with E-state index in [1.54, 1.807) is 20.8 Å². The Kier molecular flexibility index (Phi) is 3.89. The molecular formula is C11H17N3O3S. The van der Waals surface area contributed by atoms with Gasteiger partial charge in [0.1, 0.15) is 15.5 Å². The van der Waals surface area contributed by atoms with E-state index in [0.29, 0.717) is 11.4 Å². The molecule has 1 amide bonds. The molecule has 0 radical (unpaired) electrons. The highest BCUT2D eigenvalue weighted by Gasteiger charge is 2.20. The van der Waals surface area contributed by atoms with Crippen molar-refractivity contribution in [2.45, 2.75) is 38.2 Å². The number of carbonyl (C=O) groups excluding carboxylic acids is 1. The third-order valence-electron chi connectivity index (χ3n) is 2.24. The summed E-state index contributed by atoms with van der Waals surface area (Å²) in [4.78, 5) is 15.2. The van der Waals surface area contributed by atoms with Crippen LogP contribution in [-0.4, -0.2) is 20.2 Å². The van der Waals surface area contributed by atoms with Crippen molar-refractivity contribution in [3.63, 3.8) is 0 Å². The monoisotopic (exact) mass is 271 g/mol. The molecular weight excluding hydrogens is 254 g/mol. The number of nitrogens with two attached hydrogens (primary N) is 1. The van der Waals surface area contributed by atoms with Gasteiger partial charge in [-0.1, -0.05) is 0 Å². The lowest BCUT2D eigenvalue weighted by atomic mass is 10.0. The minimum absolute atomic E-state index is 0.200. The molecule has 0 saturated carbocycles. The van der Waals surface area contributed by atoms with E-state index in [9.17, 15) is 14.1 Å². The predicted octanol–water partition coefficient (Wildman–Crippen LogP) is 0.865. The smallest absolute Gasteiger partial charge is 0.251 e. The third kappa shape index (κ3) is 3.34. The van der Waals surface area contributed by atoms with Crippen molar-refractivity contribution in [2.75, 3.05) is 0 Å². The van der Waals surface area contributed by atoms with Gasteiger partial charge in [0, 0.05) is 6.92 Å². The number of hydrogen-bond donors (Lipinski definition) is 2. The summed E-state index contributed by atoms with van der Waals surface area (Å²) in [5.41, 5.74) is -0.287. The third-order valence-corrected chi connectivity index (χ3v) is 3.83. The van der Waals surface area contributed by atoms with Gasteiger partial charge in [-0.15, -0.1) is 4.36 Å². The van der Waals surface area contributed by atoms with Crippen molar-refractivity contribution in [3.05, 3.63) is 23.5 Å². The maximum Gasteiger partial charge on any atom is 0.251 e. The Balaban J connectivity index is 3.40. The molecule has 0 aromatic carbocycles. The van der Waals surface area contributed by atoms with Gasteiger partial charge >= 0.3 is 0 Å². The molecule has 0 aliphatic carbocycles. The van der Waals surface area contributed by atoms with Crippen molar-refractivity contribution >= 4 is 15.8 Å². The molecule has 0 spiro atoms. The molecule has 7 heteroatoms. The molecule has 1 rings (SSSR count). The molecule has 6 nitrogen and oxygen atoms in total. The average Bonchev–Trinajstić information content (AvgIpc) is 2.13. The zero-order chi connectivity index (χ0) is 14.1. The number of nitrogens with zero attached hydrogens (tertiary/aromatic N) is 2. The van der Waals surface area contributed by atoms with Gasteiger partial charge in [-0.3, -0.25) is 9.78 Å². The molecule has 0 aliphatic heterocycles. The van der Waals surface area contributed by atoms with Crippen LogP contribution in [0.3, 0.4) is 0 Å². The average molecular weight is 271 g/mol. The predicted molar refractivity (Wildman–Crippen MR) is 67.9 cm³/mol. The second kappa shape index (κ2) is 4.75. The van der Waals surface area contributed by atoms with E-state index in [1.807, 2.05) is 0 Å². The lowest BCUT2D eigenvalue weighted by molar-refractivity contribution is -0.115. The second-order valence-corrected chi connectivity index (χ2v) is 6.28. The van der Waals surface area contributed by atoms with Gasteiger partial charge in [-0.25, -0.2) is 9.35 Å². The van der Waals surface area contributed by atoms with Crippen LogP contribution in [0.25, 0.3) is 0 Å². The van der Waals surface area contributed by atoms with Gasteiger partial charge in [0.05, 0.1) is 16.3 Å². The minimum Gasteiger partial charge on any atom is -0.384 e. The first-order valence-corrected chi connectivity index (χ1v) is 6.88. The number of hydrogen-bond acceptors (Lipinski definition) is 4. The standard InChI is InChI=1S/C11H17N3O3S/c1-7-9(18(12,17)14-8(2)15)5-6-10(13-7)11(3,4)16/h5-6,16H,1-4H3,(H2,12,14,15,17). The Morgan fingerprint density at radius 2 is 2.06 bits per heavy atom. The molecule has 1 aromatic rings. The SMILES string of the molecule is CC(=O)N=S(N)(=O)c1ccc(C(C)(C)O)nc1C. The fraction of sp³-hybridized carbons (Fsp3) is 0.455. The van der Waals surface area contributed by atoms with Crippen molar-refractivity contribution < 1.29 is 14.1 Å². The Hall–Kier alpha value is -1.31. The van der Waals surface area contributed by atoms with E-state index in [0.717, 1.165) is 0 Å². The minimum atomic E-state index is -3.27. The van der Waals surface area contributed by atoms with Crippen LogP contribution in [0.15, 0.2) is 21.4 Å². The van der Waals surface area contributed by atoms with E-state index in [-0.39, 0.29) is 4.90 Å². The van der Waals surface area contributed by atoms with Gasteiger partial charge in [-0.05, 0) is 32.9 Å². The largest absolute Gasteiger partial charge is 0.384 e. The number of pyridine rings is 1. The summed E-state index contributed by atoms with van der Waals surface area (Å²) in [5.74, 6) is -0.603. The molecule has 0 bridgehead atoms. The van der Waals surface area contributed by atoms with Crippen LogP contribution >= 0.6 is 0 Å². The van der Waals surface area contributed by atoms with Crippen LogP contribution in [-0.2, 0) is 20.3 Å². The van der Waals surface area contributed by atoms with Gasteiger partial charge in [0.2, 0.25) is 0 Å². The summed E-state index contributed by atoms with van der Waals surface area (Å²) in [6.45, 7) is 5.97. The number of rotatable bonds is 2. The van der Waals surface area contributed by atoms with Crippen molar-refractivity contribution in [2.24, 2.45) is 9.50 Å². The van der Waals surface area contributed by atoms with Crippen LogP contribution in [0.4, 0.5) is 0 Å². The van der Waals surface area contributed by atoms with Gasteiger partial charge in [0.25, 0.3) is 5.91 Å². The molecule has 100 valence electrons. The van der Waals surface area contributed by atoms with E-state index in [4.69, 9.17) is 5.14 Å². The van der Waals surface area contributed by atoms with Crippen LogP contribution in [0, 0.1) is 6.92 Å². The van der Waals surface area contributed by atoms with Gasteiger partial charge < -0.3 is 5.11 Å². The highest BCUT2D eigenvalue weighted by molar-refractivity contribution is 7.91. The van der Waals surface area contributed by atoms with Gasteiger partial charge in [0.15, 0.2) is 0 Å². The molecule has 0 saturated heterocycles. The summed E-state index contributed by atoms with van der Waals surface area (Å²) in [6, 6.07) is 2.99. The van der Waals surface area contributed by atoms with Gasteiger partial charge in [-0.2, -0.15) is 0 Å². The highest BCUT2D eigenvalue weighted by Crippen LogP contribution is 2.21. The summed E-state index contributed by atoms with van der Waals surface area (Å²) in [6.07, 6.45) is 0. The van der Waals surface area contributed by atoms with E-state index >= 15 is 0 Å². The van der Waals surface area contributed by atoms with Crippen LogP contribution < -0.4 is 5.14 Å². The van der Waals surface area contributed by atoms with Crippen LogP contribution in [0.2, 0.25) is 0 Å². The fourth-order valence-corrected chi connectivity index (χ4v) is 2.65. The number of aromatic nitrogens is 1. The van der Waals surface area contributed by atoms with E-state index in [1.165, 1.54) is 19.1 Å². The first-order valence-electron chi connectivity index (χ1n) is 5.30. The normalized spacial score (nSPS) is 15.0. The lowest BCUT2D eigenvalue weighted by Gasteiger charge is -2.18. The van der Waals surface area contributed by atoms with Crippen LogP contribution in [0.1, 0.15) is 32.2 Å². The molecule has 1 unspecified atom stereocenters. The van der Waals surface area contributed by atoms with Crippen molar-refractivity contribution in [3.8, 4) is 0 Å². The number of amides is 1. The molecule has 1 atom stereocenters.